The van der Waals surface area contributed by atoms with Crippen molar-refractivity contribution in [3.63, 3.8) is 0 Å². The highest BCUT2D eigenvalue weighted by atomic mass is 35.5. The minimum Gasteiger partial charge on any atom is -0.482 e. The van der Waals surface area contributed by atoms with E-state index in [1.807, 2.05) is 0 Å². The van der Waals surface area contributed by atoms with Gasteiger partial charge in [-0.25, -0.2) is 4.79 Å². The molecule has 0 fully saturated rings. The summed E-state index contributed by atoms with van der Waals surface area (Å²) in [6.45, 7) is 1.81. The lowest BCUT2D eigenvalue weighted by Crippen LogP contribution is -2.32. The molecule has 0 saturated carbocycles. The molecule has 1 N–H and O–H groups in total. The zero-order valence-electron chi connectivity index (χ0n) is 10.1. The van der Waals surface area contributed by atoms with Gasteiger partial charge in [-0.2, -0.15) is 0 Å². The molecule has 1 aliphatic rings. The Hall–Kier alpha value is -1.72. The Balaban J connectivity index is 2.27. The summed E-state index contributed by atoms with van der Waals surface area (Å²) in [7, 11) is 0. The molecule has 100 valence electrons. The fourth-order valence-electron chi connectivity index (χ4n) is 2.06. The van der Waals surface area contributed by atoms with E-state index in [9.17, 15) is 4.79 Å². The van der Waals surface area contributed by atoms with Gasteiger partial charge in [0.2, 0.25) is 5.75 Å². The van der Waals surface area contributed by atoms with E-state index >= 15 is 0 Å². The van der Waals surface area contributed by atoms with Crippen molar-refractivity contribution >= 4 is 22.6 Å². The topological polar surface area (TPSA) is 68.9 Å². The molecule has 6 heteroatoms. The second-order valence-electron chi connectivity index (χ2n) is 4.33. The van der Waals surface area contributed by atoms with Gasteiger partial charge in [0.1, 0.15) is 11.6 Å². The molecule has 0 unspecified atom stereocenters. The van der Waals surface area contributed by atoms with Gasteiger partial charge in [-0.15, -0.1) is 0 Å². The van der Waals surface area contributed by atoms with Crippen LogP contribution in [0, 0.1) is 6.92 Å². The number of hydrogen-bond donors (Lipinski definition) is 1. The molecule has 1 aromatic carbocycles. The molecule has 5 nitrogen and oxygen atoms in total. The highest BCUT2D eigenvalue weighted by molar-refractivity contribution is 6.31. The fraction of sp³-hybridized carbons (Fsp3) is 0.308. The zero-order valence-corrected chi connectivity index (χ0v) is 10.9. The molecular weight excluding hydrogens is 272 g/mol. The van der Waals surface area contributed by atoms with E-state index in [0.717, 1.165) is 0 Å². The van der Waals surface area contributed by atoms with Gasteiger partial charge in [-0.3, -0.25) is 0 Å². The predicted octanol–water partition coefficient (Wildman–Crippen LogP) is 1.89. The van der Waals surface area contributed by atoms with Gasteiger partial charge in [-0.1, -0.05) is 11.6 Å². The number of hydrogen-bond acceptors (Lipinski definition) is 5. The third-order valence-electron chi connectivity index (χ3n) is 3.09. The summed E-state index contributed by atoms with van der Waals surface area (Å²) in [5.74, 6) is 0.821. The van der Waals surface area contributed by atoms with Gasteiger partial charge in [0.05, 0.1) is 6.61 Å². The van der Waals surface area contributed by atoms with Crippen LogP contribution >= 0.6 is 11.6 Å². The molecule has 1 aromatic heterocycles. The molecule has 0 bridgehead atoms. The van der Waals surface area contributed by atoms with Crippen LogP contribution < -0.4 is 15.1 Å². The van der Waals surface area contributed by atoms with E-state index in [1.54, 1.807) is 19.1 Å². The Morgan fingerprint density at radius 2 is 2.26 bits per heavy atom. The number of aryl methyl sites for hydroxylation is 1. The molecule has 0 spiro atoms. The third-order valence-corrected chi connectivity index (χ3v) is 3.53. The molecular formula is C13H11ClO5. The third kappa shape index (κ3) is 1.86. The maximum atomic E-state index is 11.6. The summed E-state index contributed by atoms with van der Waals surface area (Å²) in [5.41, 5.74) is 0.359. The van der Waals surface area contributed by atoms with E-state index in [2.05, 4.69) is 0 Å². The molecule has 3 rings (SSSR count). The molecule has 0 amide bonds. The van der Waals surface area contributed by atoms with E-state index in [0.29, 0.717) is 28.0 Å². The van der Waals surface area contributed by atoms with Gasteiger partial charge in [0.15, 0.2) is 17.4 Å². The number of aliphatic hydroxyl groups excluding tert-OH is 1. The quantitative estimate of drug-likeness (QED) is 0.809. The van der Waals surface area contributed by atoms with Crippen molar-refractivity contribution in [1.29, 1.82) is 0 Å². The molecule has 1 atom stereocenters. The minimum absolute atomic E-state index is 0.0670. The Bertz CT molecular complexity index is 706. The first-order valence-electron chi connectivity index (χ1n) is 5.78. The summed E-state index contributed by atoms with van der Waals surface area (Å²) in [6.07, 6.45) is -0.412. The van der Waals surface area contributed by atoms with Crippen molar-refractivity contribution in [1.82, 2.24) is 0 Å². The van der Waals surface area contributed by atoms with Crippen LogP contribution in [0.2, 0.25) is 5.02 Å². The van der Waals surface area contributed by atoms with Gasteiger partial charge in [0, 0.05) is 5.39 Å². The summed E-state index contributed by atoms with van der Waals surface area (Å²) < 4.78 is 16.2. The fourth-order valence-corrected chi connectivity index (χ4v) is 2.20. The van der Waals surface area contributed by atoms with Gasteiger partial charge in [-0.05, 0) is 24.6 Å². The molecule has 2 heterocycles. The average molecular weight is 283 g/mol. The summed E-state index contributed by atoms with van der Waals surface area (Å²) in [4.78, 5) is 11.6. The molecule has 2 aromatic rings. The maximum absolute atomic E-state index is 11.6. The lowest BCUT2D eigenvalue weighted by Gasteiger charge is -2.25. The Labute approximate surface area is 113 Å². The van der Waals surface area contributed by atoms with Gasteiger partial charge >= 0.3 is 5.63 Å². The number of ether oxygens (including phenoxy) is 2. The minimum atomic E-state index is -0.604. The largest absolute Gasteiger partial charge is 0.482 e. The van der Waals surface area contributed by atoms with Crippen molar-refractivity contribution in [3.05, 3.63) is 33.1 Å². The van der Waals surface area contributed by atoms with E-state index in [-0.39, 0.29) is 18.2 Å². The summed E-state index contributed by atoms with van der Waals surface area (Å²) in [6, 6.07) is 3.46. The van der Waals surface area contributed by atoms with Crippen LogP contribution in [0.4, 0.5) is 0 Å². The van der Waals surface area contributed by atoms with E-state index < -0.39 is 11.7 Å². The second-order valence-corrected chi connectivity index (χ2v) is 4.71. The Morgan fingerprint density at radius 3 is 3.00 bits per heavy atom. The van der Waals surface area contributed by atoms with Gasteiger partial charge in [0.25, 0.3) is 0 Å². The van der Waals surface area contributed by atoms with Crippen molar-refractivity contribution in [2.45, 2.75) is 13.0 Å². The first-order chi connectivity index (χ1) is 9.11. The van der Waals surface area contributed by atoms with Crippen LogP contribution in [-0.2, 0) is 0 Å². The normalized spacial score (nSPS) is 17.7. The Kier molecular flexibility index (Phi) is 2.88. The van der Waals surface area contributed by atoms with Crippen molar-refractivity contribution in [2.75, 3.05) is 13.2 Å². The first-order valence-corrected chi connectivity index (χ1v) is 6.16. The van der Waals surface area contributed by atoms with Crippen molar-refractivity contribution < 1.29 is 19.0 Å². The molecule has 0 aliphatic carbocycles. The second kappa shape index (κ2) is 4.43. The smallest absolute Gasteiger partial charge is 0.355 e. The number of aliphatic hydroxyl groups is 1. The Morgan fingerprint density at radius 1 is 1.47 bits per heavy atom. The van der Waals surface area contributed by atoms with Crippen LogP contribution in [0.15, 0.2) is 21.3 Å². The van der Waals surface area contributed by atoms with Crippen LogP contribution in [-0.4, -0.2) is 24.4 Å². The number of benzene rings is 1. The zero-order chi connectivity index (χ0) is 13.6. The molecule has 19 heavy (non-hydrogen) atoms. The van der Waals surface area contributed by atoms with Crippen LogP contribution in [0.1, 0.15) is 5.56 Å². The SMILES string of the molecule is Cc1c(Cl)c(=O)oc2c3c(ccc12)O[C@@H](CO)CO3. The van der Waals surface area contributed by atoms with Crippen LogP contribution in [0.25, 0.3) is 11.0 Å². The number of halogens is 1. The standard InChI is InChI=1S/C13H11ClO5/c1-6-8-2-3-9-12(17-5-7(4-15)18-9)11(8)19-13(16)10(6)14/h2-3,7,15H,4-5H2,1H3/t7-/m0/s1. The predicted molar refractivity (Wildman–Crippen MR) is 69.2 cm³/mol. The number of fused-ring (bicyclic) bond motifs is 3. The van der Waals surface area contributed by atoms with Crippen molar-refractivity contribution in [2.24, 2.45) is 0 Å². The lowest BCUT2D eigenvalue weighted by atomic mass is 10.1. The molecule has 0 radical (unpaired) electrons. The molecule has 1 aliphatic heterocycles. The number of rotatable bonds is 1. The summed E-state index contributed by atoms with van der Waals surface area (Å²) >= 11 is 5.87. The highest BCUT2D eigenvalue weighted by Crippen LogP contribution is 2.39. The first kappa shape index (κ1) is 12.3. The highest BCUT2D eigenvalue weighted by Gasteiger charge is 2.25. The maximum Gasteiger partial charge on any atom is 0.355 e. The van der Waals surface area contributed by atoms with E-state index in [1.165, 1.54) is 0 Å². The monoisotopic (exact) mass is 282 g/mol. The van der Waals surface area contributed by atoms with Crippen molar-refractivity contribution in [3.8, 4) is 11.5 Å². The average Bonchev–Trinajstić information content (AvgIpc) is 2.44. The van der Waals surface area contributed by atoms with Gasteiger partial charge < -0.3 is 19.0 Å². The van der Waals surface area contributed by atoms with E-state index in [4.69, 9.17) is 30.6 Å². The molecule has 0 saturated heterocycles. The summed E-state index contributed by atoms with van der Waals surface area (Å²) in [5, 5.41) is 9.83. The van der Waals surface area contributed by atoms with Crippen LogP contribution in [0.3, 0.4) is 0 Å². The van der Waals surface area contributed by atoms with Crippen LogP contribution in [0.5, 0.6) is 11.5 Å². The lowest BCUT2D eigenvalue weighted by molar-refractivity contribution is 0.0460.